The largest absolute Gasteiger partial charge is 0.374 e. The SMILES string of the molecule is CC#CCN1CCO[C@@H](CNC(C)=O)C1. The molecule has 84 valence electrons. The Morgan fingerprint density at radius 3 is 3.13 bits per heavy atom. The normalized spacial score (nSPS) is 21.6. The van der Waals surface area contributed by atoms with E-state index in [0.29, 0.717) is 6.54 Å². The molecule has 0 aromatic carbocycles. The summed E-state index contributed by atoms with van der Waals surface area (Å²) in [6.07, 6.45) is 0.0984. The van der Waals surface area contributed by atoms with Gasteiger partial charge in [0.2, 0.25) is 5.91 Å². The summed E-state index contributed by atoms with van der Waals surface area (Å²) in [4.78, 5) is 13.0. The molecule has 4 heteroatoms. The Bertz CT molecular complexity index is 267. The maximum atomic E-state index is 10.7. The van der Waals surface area contributed by atoms with E-state index < -0.39 is 0 Å². The molecule has 1 N–H and O–H groups in total. The Hall–Kier alpha value is -1.05. The van der Waals surface area contributed by atoms with Gasteiger partial charge >= 0.3 is 0 Å². The van der Waals surface area contributed by atoms with Gasteiger partial charge in [-0.2, -0.15) is 0 Å². The summed E-state index contributed by atoms with van der Waals surface area (Å²) < 4.78 is 5.53. The standard InChI is InChI=1S/C11H18N2O2/c1-3-4-5-13-6-7-15-11(9-13)8-12-10(2)14/h11H,5-9H2,1-2H3,(H,12,14)/t11-/m0/s1. The van der Waals surface area contributed by atoms with Gasteiger partial charge in [-0.05, 0) is 6.92 Å². The smallest absolute Gasteiger partial charge is 0.216 e. The van der Waals surface area contributed by atoms with Gasteiger partial charge in [-0.1, -0.05) is 5.92 Å². The fraction of sp³-hybridized carbons (Fsp3) is 0.727. The average Bonchev–Trinajstić information content (AvgIpc) is 2.24. The predicted molar refractivity (Wildman–Crippen MR) is 58.3 cm³/mol. The number of nitrogens with zero attached hydrogens (tertiary/aromatic N) is 1. The van der Waals surface area contributed by atoms with Gasteiger partial charge in [-0.3, -0.25) is 9.69 Å². The topological polar surface area (TPSA) is 41.6 Å². The van der Waals surface area contributed by atoms with E-state index in [1.807, 2.05) is 6.92 Å². The fourth-order valence-electron chi connectivity index (χ4n) is 1.50. The van der Waals surface area contributed by atoms with Crippen LogP contribution in [0.4, 0.5) is 0 Å². The number of morpholine rings is 1. The first kappa shape index (κ1) is 12.0. The van der Waals surface area contributed by atoms with Crippen LogP contribution < -0.4 is 5.32 Å². The molecule has 0 bridgehead atoms. The zero-order chi connectivity index (χ0) is 11.1. The molecule has 0 radical (unpaired) electrons. The molecule has 4 nitrogen and oxygen atoms in total. The molecule has 0 aliphatic carbocycles. The Morgan fingerprint density at radius 2 is 2.47 bits per heavy atom. The highest BCUT2D eigenvalue weighted by molar-refractivity contribution is 5.72. The fourth-order valence-corrected chi connectivity index (χ4v) is 1.50. The number of carbonyl (C=O) groups excluding carboxylic acids is 1. The number of hydrogen-bond donors (Lipinski definition) is 1. The molecular formula is C11H18N2O2. The molecule has 1 fully saturated rings. The monoisotopic (exact) mass is 210 g/mol. The van der Waals surface area contributed by atoms with Crippen molar-refractivity contribution in [1.82, 2.24) is 10.2 Å². The average molecular weight is 210 g/mol. The first-order chi connectivity index (χ1) is 7.22. The molecule has 15 heavy (non-hydrogen) atoms. The van der Waals surface area contributed by atoms with Crippen LogP contribution in [0.5, 0.6) is 0 Å². The highest BCUT2D eigenvalue weighted by Gasteiger charge is 2.19. The van der Waals surface area contributed by atoms with Crippen molar-refractivity contribution in [3.8, 4) is 11.8 Å². The van der Waals surface area contributed by atoms with E-state index >= 15 is 0 Å². The number of amides is 1. The van der Waals surface area contributed by atoms with Crippen LogP contribution in [-0.2, 0) is 9.53 Å². The third kappa shape index (κ3) is 4.82. The second-order valence-corrected chi connectivity index (χ2v) is 3.59. The van der Waals surface area contributed by atoms with Gasteiger partial charge in [0.15, 0.2) is 0 Å². The summed E-state index contributed by atoms with van der Waals surface area (Å²) >= 11 is 0. The van der Waals surface area contributed by atoms with Crippen molar-refractivity contribution in [2.75, 3.05) is 32.8 Å². The molecule has 1 saturated heterocycles. The Morgan fingerprint density at radius 1 is 1.67 bits per heavy atom. The molecule has 0 spiro atoms. The van der Waals surface area contributed by atoms with Crippen molar-refractivity contribution < 1.29 is 9.53 Å². The molecule has 1 heterocycles. The summed E-state index contributed by atoms with van der Waals surface area (Å²) in [7, 11) is 0. The zero-order valence-electron chi connectivity index (χ0n) is 9.38. The lowest BCUT2D eigenvalue weighted by molar-refractivity contribution is -0.120. The first-order valence-electron chi connectivity index (χ1n) is 5.20. The summed E-state index contributed by atoms with van der Waals surface area (Å²) in [5.74, 6) is 5.90. The van der Waals surface area contributed by atoms with Gasteiger partial charge in [-0.25, -0.2) is 0 Å². The number of ether oxygens (including phenoxy) is 1. The maximum absolute atomic E-state index is 10.7. The molecule has 0 unspecified atom stereocenters. The summed E-state index contributed by atoms with van der Waals surface area (Å²) in [5.41, 5.74) is 0. The van der Waals surface area contributed by atoms with Crippen molar-refractivity contribution in [3.63, 3.8) is 0 Å². The minimum absolute atomic E-state index is 0.0101. The van der Waals surface area contributed by atoms with E-state index in [1.165, 1.54) is 6.92 Å². The highest BCUT2D eigenvalue weighted by Crippen LogP contribution is 2.03. The zero-order valence-corrected chi connectivity index (χ0v) is 9.38. The minimum atomic E-state index is -0.0101. The second kappa shape index (κ2) is 6.44. The Kier molecular flexibility index (Phi) is 5.16. The lowest BCUT2D eigenvalue weighted by Crippen LogP contribution is -2.47. The Balaban J connectivity index is 2.27. The van der Waals surface area contributed by atoms with Gasteiger partial charge in [0.1, 0.15) is 0 Å². The quantitative estimate of drug-likeness (QED) is 0.659. The molecule has 1 aliphatic rings. The second-order valence-electron chi connectivity index (χ2n) is 3.59. The third-order valence-electron chi connectivity index (χ3n) is 2.28. The van der Waals surface area contributed by atoms with Gasteiger partial charge in [0, 0.05) is 26.6 Å². The number of carbonyl (C=O) groups is 1. The van der Waals surface area contributed by atoms with E-state index in [-0.39, 0.29) is 12.0 Å². The van der Waals surface area contributed by atoms with Crippen molar-refractivity contribution in [2.24, 2.45) is 0 Å². The van der Waals surface area contributed by atoms with Crippen LogP contribution in [-0.4, -0.2) is 49.7 Å². The van der Waals surface area contributed by atoms with Crippen LogP contribution in [0.1, 0.15) is 13.8 Å². The van der Waals surface area contributed by atoms with Crippen LogP contribution in [0.3, 0.4) is 0 Å². The summed E-state index contributed by atoms with van der Waals surface area (Å²) in [6, 6.07) is 0. The number of hydrogen-bond acceptors (Lipinski definition) is 3. The van der Waals surface area contributed by atoms with Crippen LogP contribution in [0.2, 0.25) is 0 Å². The molecule has 1 rings (SSSR count). The molecule has 1 atom stereocenters. The summed E-state index contributed by atoms with van der Waals surface area (Å²) in [6.45, 7) is 7.22. The first-order valence-corrected chi connectivity index (χ1v) is 5.20. The van der Waals surface area contributed by atoms with Gasteiger partial charge in [-0.15, -0.1) is 5.92 Å². The lowest BCUT2D eigenvalue weighted by atomic mass is 10.2. The van der Waals surface area contributed by atoms with Crippen LogP contribution in [0, 0.1) is 11.8 Å². The van der Waals surface area contributed by atoms with Crippen molar-refractivity contribution in [2.45, 2.75) is 20.0 Å². The highest BCUT2D eigenvalue weighted by atomic mass is 16.5. The third-order valence-corrected chi connectivity index (χ3v) is 2.28. The predicted octanol–water partition coefficient (Wildman–Crippen LogP) is -0.153. The van der Waals surface area contributed by atoms with Gasteiger partial charge in [0.25, 0.3) is 0 Å². The minimum Gasteiger partial charge on any atom is -0.374 e. The molecule has 0 saturated carbocycles. The van der Waals surface area contributed by atoms with E-state index in [4.69, 9.17) is 4.74 Å². The molecular weight excluding hydrogens is 192 g/mol. The van der Waals surface area contributed by atoms with Crippen molar-refractivity contribution in [1.29, 1.82) is 0 Å². The number of rotatable bonds is 3. The van der Waals surface area contributed by atoms with Gasteiger partial charge < -0.3 is 10.1 Å². The van der Waals surface area contributed by atoms with Crippen molar-refractivity contribution in [3.05, 3.63) is 0 Å². The number of nitrogens with one attached hydrogen (secondary N) is 1. The van der Waals surface area contributed by atoms with Gasteiger partial charge in [0.05, 0.1) is 19.3 Å². The molecule has 1 aliphatic heterocycles. The molecule has 1 amide bonds. The molecule has 0 aromatic heterocycles. The van der Waals surface area contributed by atoms with Crippen LogP contribution in [0.25, 0.3) is 0 Å². The van der Waals surface area contributed by atoms with Crippen LogP contribution >= 0.6 is 0 Å². The van der Waals surface area contributed by atoms with E-state index in [9.17, 15) is 4.79 Å². The van der Waals surface area contributed by atoms with Crippen LogP contribution in [0.15, 0.2) is 0 Å². The van der Waals surface area contributed by atoms with E-state index in [2.05, 4.69) is 22.1 Å². The van der Waals surface area contributed by atoms with E-state index in [1.54, 1.807) is 0 Å². The van der Waals surface area contributed by atoms with E-state index in [0.717, 1.165) is 26.2 Å². The Labute approximate surface area is 91.0 Å². The van der Waals surface area contributed by atoms with Crippen molar-refractivity contribution >= 4 is 5.91 Å². The lowest BCUT2D eigenvalue weighted by Gasteiger charge is -2.31. The molecule has 0 aromatic rings. The maximum Gasteiger partial charge on any atom is 0.216 e. The summed E-state index contributed by atoms with van der Waals surface area (Å²) in [5, 5.41) is 2.77.